The zero-order valence-electron chi connectivity index (χ0n) is 23.5. The topological polar surface area (TPSA) is 66.7 Å². The lowest BCUT2D eigenvalue weighted by Crippen LogP contribution is -2.41. The van der Waals surface area contributed by atoms with Crippen LogP contribution in [0.25, 0.3) is 11.6 Å². The van der Waals surface area contributed by atoms with Gasteiger partial charge in [-0.05, 0) is 75.1 Å². The average Bonchev–Trinajstić information content (AvgIpc) is 3.56. The number of phenolic OH excluding ortho intramolecular Hbond substituents is 1. The SMILES string of the molecule is CC1(C)CC2=C(C(C)(C)c3ccccc3)C(=O)C(c3ccc(Br)cc3)C(=O)C2=C2C1=Cc1c(O)cc3c(c12)CN=C3. The molecular formula is C36H30BrNO3. The minimum Gasteiger partial charge on any atom is -0.507 e. The molecule has 0 amide bonds. The summed E-state index contributed by atoms with van der Waals surface area (Å²) in [7, 11) is 0. The number of carbonyl (C=O) groups is 2. The number of phenols is 1. The lowest BCUT2D eigenvalue weighted by atomic mass is 9.58. The third kappa shape index (κ3) is 3.68. The Labute approximate surface area is 248 Å². The van der Waals surface area contributed by atoms with Crippen molar-refractivity contribution in [2.45, 2.75) is 52.0 Å². The zero-order chi connectivity index (χ0) is 28.8. The summed E-state index contributed by atoms with van der Waals surface area (Å²) >= 11 is 3.50. The molecule has 3 aliphatic carbocycles. The van der Waals surface area contributed by atoms with Crippen molar-refractivity contribution in [2.24, 2.45) is 10.4 Å². The molecule has 5 heteroatoms. The van der Waals surface area contributed by atoms with Gasteiger partial charge < -0.3 is 5.11 Å². The van der Waals surface area contributed by atoms with E-state index in [9.17, 15) is 14.7 Å². The molecule has 1 unspecified atom stereocenters. The summed E-state index contributed by atoms with van der Waals surface area (Å²) in [5.74, 6) is -1.05. The molecule has 0 fully saturated rings. The van der Waals surface area contributed by atoms with E-state index in [1.165, 1.54) is 0 Å². The van der Waals surface area contributed by atoms with Crippen LogP contribution in [0.2, 0.25) is 0 Å². The van der Waals surface area contributed by atoms with E-state index in [4.69, 9.17) is 0 Å². The molecule has 204 valence electrons. The summed E-state index contributed by atoms with van der Waals surface area (Å²) in [6, 6.07) is 19.4. The van der Waals surface area contributed by atoms with E-state index in [0.717, 1.165) is 49.0 Å². The minimum absolute atomic E-state index is 0.128. The smallest absolute Gasteiger partial charge is 0.179 e. The van der Waals surface area contributed by atoms with Gasteiger partial charge >= 0.3 is 0 Å². The number of carbonyl (C=O) groups excluding carboxylic acids is 2. The van der Waals surface area contributed by atoms with Crippen LogP contribution in [0, 0.1) is 5.41 Å². The number of benzene rings is 3. The van der Waals surface area contributed by atoms with E-state index in [2.05, 4.69) is 66.8 Å². The van der Waals surface area contributed by atoms with Gasteiger partial charge in [0.2, 0.25) is 0 Å². The van der Waals surface area contributed by atoms with Gasteiger partial charge in [0.25, 0.3) is 0 Å². The lowest BCUT2D eigenvalue weighted by Gasteiger charge is -2.43. The second-order valence-corrected chi connectivity index (χ2v) is 13.6. The van der Waals surface area contributed by atoms with Crippen LogP contribution in [-0.4, -0.2) is 22.9 Å². The molecule has 4 nitrogen and oxygen atoms in total. The van der Waals surface area contributed by atoms with Crippen LogP contribution in [0.4, 0.5) is 0 Å². The van der Waals surface area contributed by atoms with Crippen LogP contribution in [0.5, 0.6) is 5.75 Å². The summed E-state index contributed by atoms with van der Waals surface area (Å²) in [6.45, 7) is 9.03. The molecule has 0 radical (unpaired) electrons. The fraction of sp³-hybridized carbons (Fsp3) is 0.250. The summed E-state index contributed by atoms with van der Waals surface area (Å²) in [6.07, 6.45) is 4.41. The number of Topliss-reactive ketones (excluding diaryl/α,β-unsaturated/α-hetero) is 2. The van der Waals surface area contributed by atoms with E-state index in [1.807, 2.05) is 42.5 Å². The van der Waals surface area contributed by atoms with Crippen molar-refractivity contribution < 1.29 is 14.7 Å². The van der Waals surface area contributed by atoms with Gasteiger partial charge in [-0.1, -0.05) is 86.1 Å². The molecule has 1 aliphatic heterocycles. The first-order valence-electron chi connectivity index (χ1n) is 14.0. The van der Waals surface area contributed by atoms with E-state index >= 15 is 0 Å². The molecule has 0 saturated heterocycles. The maximum Gasteiger partial charge on any atom is 0.179 e. The van der Waals surface area contributed by atoms with Gasteiger partial charge in [-0.3, -0.25) is 14.6 Å². The number of ketones is 2. The Morgan fingerprint density at radius 3 is 2.39 bits per heavy atom. The maximum absolute atomic E-state index is 14.8. The molecule has 1 heterocycles. The van der Waals surface area contributed by atoms with Crippen molar-refractivity contribution in [3.05, 3.63) is 121 Å². The van der Waals surface area contributed by atoms with Crippen LogP contribution < -0.4 is 0 Å². The normalized spacial score (nSPS) is 20.6. The quantitative estimate of drug-likeness (QED) is 0.310. The number of nitrogens with zero attached hydrogens (tertiary/aromatic N) is 1. The first-order chi connectivity index (χ1) is 19.5. The fourth-order valence-electron chi connectivity index (χ4n) is 7.30. The molecule has 4 aliphatic rings. The Kier molecular flexibility index (Phi) is 5.62. The highest BCUT2D eigenvalue weighted by Gasteiger charge is 2.52. The van der Waals surface area contributed by atoms with Gasteiger partial charge in [-0.2, -0.15) is 0 Å². The van der Waals surface area contributed by atoms with Crippen LogP contribution in [-0.2, 0) is 21.5 Å². The monoisotopic (exact) mass is 603 g/mol. The van der Waals surface area contributed by atoms with Crippen molar-refractivity contribution >= 4 is 45.4 Å². The van der Waals surface area contributed by atoms with Crippen molar-refractivity contribution in [3.8, 4) is 5.75 Å². The van der Waals surface area contributed by atoms with Crippen molar-refractivity contribution in [1.82, 2.24) is 0 Å². The van der Waals surface area contributed by atoms with Crippen molar-refractivity contribution in [3.63, 3.8) is 0 Å². The Hall–Kier alpha value is -3.83. The van der Waals surface area contributed by atoms with E-state index < -0.39 is 11.3 Å². The highest BCUT2D eigenvalue weighted by Crippen LogP contribution is 2.60. The molecule has 3 aromatic carbocycles. The summed E-state index contributed by atoms with van der Waals surface area (Å²) in [5.41, 5.74) is 8.32. The van der Waals surface area contributed by atoms with Gasteiger partial charge in [-0.15, -0.1) is 0 Å². The third-order valence-corrected chi connectivity index (χ3v) is 9.85. The predicted octanol–water partition coefficient (Wildman–Crippen LogP) is 7.88. The Bertz CT molecular complexity index is 1820. The first kappa shape index (κ1) is 26.1. The van der Waals surface area contributed by atoms with Gasteiger partial charge in [0.1, 0.15) is 11.7 Å². The van der Waals surface area contributed by atoms with E-state index in [0.29, 0.717) is 29.7 Å². The van der Waals surface area contributed by atoms with Crippen LogP contribution in [0.1, 0.15) is 73.4 Å². The third-order valence-electron chi connectivity index (χ3n) is 9.32. The highest BCUT2D eigenvalue weighted by molar-refractivity contribution is 9.10. The van der Waals surface area contributed by atoms with E-state index in [1.54, 1.807) is 12.3 Å². The van der Waals surface area contributed by atoms with Gasteiger partial charge in [0.05, 0.1) is 6.54 Å². The van der Waals surface area contributed by atoms with Gasteiger partial charge in [0.15, 0.2) is 11.6 Å². The standard InChI is InChI=1S/C36H30BrNO3/c1-35(2)16-24-30(31-26(35)15-23-27(39)14-20-17-38-18-25(20)29(23)31)33(40)28(19-10-12-22(37)13-11-19)34(41)32(24)36(3,4)21-8-6-5-7-9-21/h5-15,17,28,39H,16,18H2,1-4H3. The molecule has 0 spiro atoms. The Morgan fingerprint density at radius 2 is 1.68 bits per heavy atom. The largest absolute Gasteiger partial charge is 0.507 e. The average molecular weight is 605 g/mol. The predicted molar refractivity (Wildman–Crippen MR) is 166 cm³/mol. The number of rotatable bonds is 3. The number of hydrogen-bond acceptors (Lipinski definition) is 4. The number of halogens is 1. The van der Waals surface area contributed by atoms with Crippen LogP contribution in [0.15, 0.2) is 92.4 Å². The maximum atomic E-state index is 14.8. The molecule has 3 aromatic rings. The summed E-state index contributed by atoms with van der Waals surface area (Å²) in [4.78, 5) is 34.0. The Balaban J connectivity index is 1.60. The van der Waals surface area contributed by atoms with Crippen molar-refractivity contribution in [1.29, 1.82) is 0 Å². The number of aliphatic imine (C=N–C) groups is 1. The summed E-state index contributed by atoms with van der Waals surface area (Å²) in [5, 5.41) is 11.1. The van der Waals surface area contributed by atoms with Gasteiger partial charge in [-0.25, -0.2) is 0 Å². The Morgan fingerprint density at radius 1 is 0.976 bits per heavy atom. The zero-order valence-corrected chi connectivity index (χ0v) is 25.1. The van der Waals surface area contributed by atoms with Crippen molar-refractivity contribution in [2.75, 3.05) is 0 Å². The molecule has 1 N–H and O–H groups in total. The number of aromatic hydroxyl groups is 1. The minimum atomic E-state index is -0.944. The first-order valence-corrected chi connectivity index (χ1v) is 14.8. The van der Waals surface area contributed by atoms with Crippen LogP contribution >= 0.6 is 15.9 Å². The molecule has 0 bridgehead atoms. The lowest BCUT2D eigenvalue weighted by molar-refractivity contribution is -0.126. The number of hydrogen-bond donors (Lipinski definition) is 1. The number of fused-ring (bicyclic) bond motifs is 6. The molecule has 1 atom stereocenters. The van der Waals surface area contributed by atoms with E-state index in [-0.39, 0.29) is 22.7 Å². The molecule has 0 saturated carbocycles. The molecule has 41 heavy (non-hydrogen) atoms. The highest BCUT2D eigenvalue weighted by atomic mass is 79.9. The fourth-order valence-corrected chi connectivity index (χ4v) is 7.57. The second-order valence-electron chi connectivity index (χ2n) is 12.6. The number of allylic oxidation sites excluding steroid dienone is 5. The molecule has 7 rings (SSSR count). The second kappa shape index (κ2) is 8.83. The van der Waals surface area contributed by atoms with Crippen LogP contribution in [0.3, 0.4) is 0 Å². The molecule has 0 aromatic heterocycles. The van der Waals surface area contributed by atoms with Gasteiger partial charge in [0, 0.05) is 38.4 Å². The summed E-state index contributed by atoms with van der Waals surface area (Å²) < 4.78 is 0.889. The molecular weight excluding hydrogens is 574 g/mol.